The van der Waals surface area contributed by atoms with Gasteiger partial charge in [0.25, 0.3) is 0 Å². The Hall–Kier alpha value is -4.23. The van der Waals surface area contributed by atoms with Crippen LogP contribution in [0.5, 0.6) is 11.5 Å². The Kier molecular flexibility index (Phi) is 8.45. The Labute approximate surface area is 242 Å². The van der Waals surface area contributed by atoms with E-state index >= 15 is 0 Å². The van der Waals surface area contributed by atoms with Gasteiger partial charge in [-0.1, -0.05) is 18.2 Å². The number of carboxylic acid groups (broad SMARTS) is 1. The minimum atomic E-state index is -5.24. The zero-order valence-electron chi connectivity index (χ0n) is 21.9. The second-order valence-electron chi connectivity index (χ2n) is 9.46. The van der Waals surface area contributed by atoms with E-state index in [2.05, 4.69) is 10.6 Å². The molecule has 2 heterocycles. The predicted molar refractivity (Wildman–Crippen MR) is 142 cm³/mol. The number of aromatic hydroxyl groups is 1. The molecule has 230 valence electrons. The highest BCUT2D eigenvalue weighted by molar-refractivity contribution is 7.88. The number of aromatic carboxylic acids is 1. The average molecular weight is 644 g/mol. The summed E-state index contributed by atoms with van der Waals surface area (Å²) < 4.78 is 55.8. The molecule has 43 heavy (non-hydrogen) atoms. The van der Waals surface area contributed by atoms with Gasteiger partial charge in [0.15, 0.2) is 11.6 Å². The number of halogens is 1. The summed E-state index contributed by atoms with van der Waals surface area (Å²) in [5.74, 6) is -7.31. The number of urea groups is 2. The summed E-state index contributed by atoms with van der Waals surface area (Å²) in [5, 5.41) is 33.5. The molecule has 1 unspecified atom stereocenters. The number of fused-ring (bicyclic) bond motifs is 1. The van der Waals surface area contributed by atoms with Crippen LogP contribution in [0.2, 0.25) is 0 Å². The van der Waals surface area contributed by atoms with Crippen molar-refractivity contribution in [2.45, 2.75) is 18.4 Å². The first-order valence-electron chi connectivity index (χ1n) is 12.1. The fourth-order valence-corrected chi connectivity index (χ4v) is 5.93. The fourth-order valence-electron chi connectivity index (χ4n) is 4.51. The SMILES string of the molecule is CS(=O)(=O)N1CCN(C(=O)NC(C(=O)N[C@H]2Cc3cccc(C(=O)O)c3OB2O)c2ccc(P(=O)(O)O)c(F)c2O)C1=O. The van der Waals surface area contributed by atoms with Crippen molar-refractivity contribution in [3.05, 3.63) is 52.8 Å². The molecule has 1 saturated heterocycles. The Morgan fingerprint density at radius 2 is 1.86 bits per heavy atom. The molecule has 21 heteroatoms. The average Bonchev–Trinajstić information content (AvgIpc) is 3.30. The van der Waals surface area contributed by atoms with Crippen molar-refractivity contribution in [2.75, 3.05) is 19.3 Å². The molecule has 4 rings (SSSR count). The number of nitrogens with zero attached hydrogens (tertiary/aromatic N) is 2. The van der Waals surface area contributed by atoms with Crippen molar-refractivity contribution in [1.82, 2.24) is 19.8 Å². The number of imide groups is 1. The van der Waals surface area contributed by atoms with Gasteiger partial charge in [0.2, 0.25) is 15.9 Å². The van der Waals surface area contributed by atoms with Crippen LogP contribution in [0.15, 0.2) is 30.3 Å². The van der Waals surface area contributed by atoms with Crippen LogP contribution in [-0.4, -0.2) is 99.0 Å². The van der Waals surface area contributed by atoms with Crippen molar-refractivity contribution >= 4 is 54.0 Å². The molecule has 2 atom stereocenters. The molecular weight excluding hydrogens is 621 g/mol. The molecule has 0 radical (unpaired) electrons. The minimum absolute atomic E-state index is 0.159. The van der Waals surface area contributed by atoms with E-state index < -0.39 is 96.2 Å². The quantitative estimate of drug-likeness (QED) is 0.136. The number of carboxylic acids is 1. The number of para-hydroxylation sites is 1. The summed E-state index contributed by atoms with van der Waals surface area (Å²) in [5.41, 5.74) is -0.734. The van der Waals surface area contributed by atoms with E-state index in [4.69, 9.17) is 4.65 Å². The molecule has 7 N–H and O–H groups in total. The third-order valence-electron chi connectivity index (χ3n) is 6.58. The normalized spacial score (nSPS) is 17.7. The molecule has 2 aromatic rings. The van der Waals surface area contributed by atoms with Gasteiger partial charge in [-0.05, 0) is 24.1 Å². The number of phenolic OH excluding ortho intramolecular Hbond substituents is 1. The predicted octanol–water partition coefficient (Wildman–Crippen LogP) is -1.38. The van der Waals surface area contributed by atoms with Gasteiger partial charge in [-0.3, -0.25) is 9.36 Å². The smallest absolute Gasteiger partial charge is 0.534 e. The first-order chi connectivity index (χ1) is 19.9. The number of hydrogen-bond donors (Lipinski definition) is 7. The van der Waals surface area contributed by atoms with Crippen LogP contribution in [0.1, 0.15) is 27.5 Å². The Bertz CT molecular complexity index is 1690. The van der Waals surface area contributed by atoms with Gasteiger partial charge in [0, 0.05) is 5.56 Å². The summed E-state index contributed by atoms with van der Waals surface area (Å²) >= 11 is 0. The van der Waals surface area contributed by atoms with E-state index in [1.807, 2.05) is 0 Å². The lowest BCUT2D eigenvalue weighted by molar-refractivity contribution is -0.123. The number of phenols is 1. The van der Waals surface area contributed by atoms with Gasteiger partial charge >= 0.3 is 32.7 Å². The van der Waals surface area contributed by atoms with Crippen LogP contribution in [0, 0.1) is 5.82 Å². The Balaban J connectivity index is 1.67. The number of sulfonamides is 1. The molecular formula is C22H23BFN4O13PS. The minimum Gasteiger partial charge on any atom is -0.534 e. The van der Waals surface area contributed by atoms with Crippen molar-refractivity contribution in [1.29, 1.82) is 0 Å². The van der Waals surface area contributed by atoms with Crippen LogP contribution in [0.4, 0.5) is 14.0 Å². The lowest BCUT2D eigenvalue weighted by atomic mass is 9.72. The summed E-state index contributed by atoms with van der Waals surface area (Å²) in [4.78, 5) is 69.6. The number of amides is 5. The number of hydrogen-bond acceptors (Lipinski definition) is 10. The van der Waals surface area contributed by atoms with E-state index in [9.17, 15) is 61.6 Å². The second-order valence-corrected chi connectivity index (χ2v) is 12.9. The van der Waals surface area contributed by atoms with Crippen LogP contribution in [0.3, 0.4) is 0 Å². The monoisotopic (exact) mass is 644 g/mol. The molecule has 0 aliphatic carbocycles. The zero-order valence-corrected chi connectivity index (χ0v) is 23.6. The van der Waals surface area contributed by atoms with Crippen molar-refractivity contribution < 1.29 is 66.2 Å². The number of benzene rings is 2. The van der Waals surface area contributed by atoms with Crippen molar-refractivity contribution in [3.8, 4) is 11.5 Å². The van der Waals surface area contributed by atoms with Gasteiger partial charge in [-0.15, -0.1) is 0 Å². The Morgan fingerprint density at radius 1 is 1.19 bits per heavy atom. The first-order valence-corrected chi connectivity index (χ1v) is 15.5. The summed E-state index contributed by atoms with van der Waals surface area (Å²) in [6.45, 7) is -0.858. The zero-order chi connectivity index (χ0) is 32.0. The van der Waals surface area contributed by atoms with Crippen molar-refractivity contribution in [2.24, 2.45) is 0 Å². The van der Waals surface area contributed by atoms with E-state index in [-0.39, 0.29) is 23.3 Å². The summed E-state index contributed by atoms with van der Waals surface area (Å²) in [6.07, 6.45) is 0.524. The highest BCUT2D eigenvalue weighted by Gasteiger charge is 2.42. The number of nitrogens with one attached hydrogen (secondary N) is 2. The maximum absolute atomic E-state index is 14.8. The molecule has 1 fully saturated rings. The number of carbonyl (C=O) groups excluding carboxylic acids is 3. The molecule has 2 aromatic carbocycles. The first kappa shape index (κ1) is 31.7. The maximum Gasteiger partial charge on any atom is 0.547 e. The largest absolute Gasteiger partial charge is 0.547 e. The topological polar surface area (TPSA) is 260 Å². The molecule has 0 saturated carbocycles. The Morgan fingerprint density at radius 3 is 2.44 bits per heavy atom. The van der Waals surface area contributed by atoms with E-state index in [0.29, 0.717) is 15.3 Å². The van der Waals surface area contributed by atoms with Gasteiger partial charge in [0.05, 0.1) is 30.8 Å². The van der Waals surface area contributed by atoms with E-state index in [1.165, 1.54) is 18.2 Å². The highest BCUT2D eigenvalue weighted by atomic mass is 32.2. The standard InChI is InChI=1S/C22H23BFN4O13PS/c1-43(39,40)28-8-7-27(22(28)34)21(33)26-16(11-5-6-13(42(36,37)38)15(24)17(11)29)19(30)25-14-9-10-3-2-4-12(20(31)32)18(10)41-23(14)35/h2-6,14,16,29,35H,7-9H2,1H3,(H,25,30)(H,26,33)(H,31,32)(H2,36,37,38)/t14-,16?/m0/s1. The van der Waals surface area contributed by atoms with Gasteiger partial charge in [-0.2, -0.15) is 0 Å². The molecule has 0 spiro atoms. The molecule has 2 aliphatic rings. The highest BCUT2D eigenvalue weighted by Crippen LogP contribution is 2.38. The molecule has 2 aliphatic heterocycles. The maximum atomic E-state index is 14.8. The lowest BCUT2D eigenvalue weighted by Crippen LogP contribution is -2.56. The molecule has 5 amide bonds. The lowest BCUT2D eigenvalue weighted by Gasteiger charge is -2.30. The second kappa shape index (κ2) is 11.5. The fraction of sp³-hybridized carbons (Fsp3) is 0.273. The summed E-state index contributed by atoms with van der Waals surface area (Å²) in [6, 6.07) is 0.650. The van der Waals surface area contributed by atoms with Gasteiger partial charge < -0.3 is 40.3 Å². The van der Waals surface area contributed by atoms with Crippen LogP contribution >= 0.6 is 7.60 Å². The number of carbonyl (C=O) groups is 4. The van der Waals surface area contributed by atoms with E-state index in [0.717, 1.165) is 12.3 Å². The molecule has 0 aromatic heterocycles. The van der Waals surface area contributed by atoms with Crippen LogP contribution in [-0.2, 0) is 25.8 Å². The number of rotatable bonds is 7. The molecule has 17 nitrogen and oxygen atoms in total. The van der Waals surface area contributed by atoms with Gasteiger partial charge in [-0.25, -0.2) is 36.4 Å². The third kappa shape index (κ3) is 6.28. The van der Waals surface area contributed by atoms with Crippen molar-refractivity contribution in [3.63, 3.8) is 0 Å². The van der Waals surface area contributed by atoms with Gasteiger partial charge in [0.1, 0.15) is 17.1 Å². The molecule has 0 bridgehead atoms. The summed E-state index contributed by atoms with van der Waals surface area (Å²) in [7, 11) is -11.1. The van der Waals surface area contributed by atoms with Crippen LogP contribution in [0.25, 0.3) is 0 Å². The van der Waals surface area contributed by atoms with E-state index in [1.54, 1.807) is 0 Å². The third-order valence-corrected chi connectivity index (χ3v) is 8.69. The van der Waals surface area contributed by atoms with Crippen LogP contribution < -0.4 is 20.6 Å².